The highest BCUT2D eigenvalue weighted by atomic mass is 35.5. The van der Waals surface area contributed by atoms with E-state index in [1.54, 1.807) is 40.9 Å². The molecule has 6 heteroatoms. The van der Waals surface area contributed by atoms with E-state index in [9.17, 15) is 9.59 Å². The van der Waals surface area contributed by atoms with Crippen molar-refractivity contribution in [2.24, 2.45) is 0 Å². The lowest BCUT2D eigenvalue weighted by Crippen LogP contribution is -2.50. The smallest absolute Gasteiger partial charge is 0.268 e. The number of rotatable bonds is 3. The maximum Gasteiger partial charge on any atom is 0.268 e. The van der Waals surface area contributed by atoms with Crippen LogP contribution in [0.3, 0.4) is 0 Å². The molecule has 2 amide bonds. The maximum absolute atomic E-state index is 14.2. The standard InChI is InChI=1S/C26H23ClN2O2S/c1-25(2)17-29(23(30)19-12-14-20(27)15-13-19)26(32-25)21-10-6-7-11-22(21)28(24(26)31)16-18-8-4-3-5-9-18/h3-15H,16-17H2,1-2H3/t26-/m0/s1. The summed E-state index contributed by atoms with van der Waals surface area (Å²) in [6, 6.07) is 24.7. The molecule has 5 rings (SSSR count). The van der Waals surface area contributed by atoms with E-state index in [0.717, 1.165) is 16.8 Å². The molecule has 0 N–H and O–H groups in total. The Labute approximate surface area is 197 Å². The number of thioether (sulfide) groups is 1. The molecule has 162 valence electrons. The van der Waals surface area contributed by atoms with Crippen molar-refractivity contribution in [1.82, 2.24) is 4.90 Å². The fourth-order valence-corrected chi connectivity index (χ4v) is 6.49. The van der Waals surface area contributed by atoms with E-state index in [1.165, 1.54) is 0 Å². The predicted molar refractivity (Wildman–Crippen MR) is 130 cm³/mol. The van der Waals surface area contributed by atoms with Gasteiger partial charge in [0.15, 0.2) is 4.87 Å². The highest BCUT2D eigenvalue weighted by molar-refractivity contribution is 8.02. The van der Waals surface area contributed by atoms with Gasteiger partial charge in [0.2, 0.25) is 0 Å². The molecule has 0 saturated carbocycles. The average Bonchev–Trinajstić information content (AvgIpc) is 3.21. The number of amides is 2. The van der Waals surface area contributed by atoms with Gasteiger partial charge in [-0.05, 0) is 49.7 Å². The Bertz CT molecular complexity index is 1200. The molecule has 2 aliphatic rings. The molecule has 2 heterocycles. The molecule has 1 spiro atoms. The van der Waals surface area contributed by atoms with Crippen LogP contribution >= 0.6 is 23.4 Å². The molecule has 3 aromatic carbocycles. The Morgan fingerprint density at radius 3 is 2.34 bits per heavy atom. The summed E-state index contributed by atoms with van der Waals surface area (Å²) >= 11 is 7.60. The quantitative estimate of drug-likeness (QED) is 0.500. The number of carbonyl (C=O) groups is 2. The number of benzene rings is 3. The van der Waals surface area contributed by atoms with Gasteiger partial charge in [0.25, 0.3) is 11.8 Å². The molecule has 32 heavy (non-hydrogen) atoms. The summed E-state index contributed by atoms with van der Waals surface area (Å²) in [4.78, 5) is 30.4. The Morgan fingerprint density at radius 1 is 0.969 bits per heavy atom. The van der Waals surface area contributed by atoms with Gasteiger partial charge >= 0.3 is 0 Å². The van der Waals surface area contributed by atoms with E-state index < -0.39 is 4.87 Å². The van der Waals surface area contributed by atoms with Crippen molar-refractivity contribution in [2.75, 3.05) is 11.4 Å². The zero-order valence-electron chi connectivity index (χ0n) is 17.9. The van der Waals surface area contributed by atoms with Crippen molar-refractivity contribution in [3.63, 3.8) is 0 Å². The first-order valence-corrected chi connectivity index (χ1v) is 11.7. The van der Waals surface area contributed by atoms with Gasteiger partial charge in [0.1, 0.15) is 0 Å². The largest absolute Gasteiger partial charge is 0.310 e. The number of nitrogens with zero attached hydrogens (tertiary/aromatic N) is 2. The topological polar surface area (TPSA) is 40.6 Å². The summed E-state index contributed by atoms with van der Waals surface area (Å²) in [5.41, 5.74) is 3.31. The second kappa shape index (κ2) is 7.68. The summed E-state index contributed by atoms with van der Waals surface area (Å²) in [6.45, 7) is 5.11. The normalized spacial score (nSPS) is 21.3. The number of para-hydroxylation sites is 1. The highest BCUT2D eigenvalue weighted by Gasteiger charge is 2.63. The third-order valence-electron chi connectivity index (χ3n) is 5.96. The Balaban J connectivity index is 1.62. The van der Waals surface area contributed by atoms with E-state index in [4.69, 9.17) is 11.6 Å². The van der Waals surface area contributed by atoms with E-state index in [1.807, 2.05) is 59.5 Å². The van der Waals surface area contributed by atoms with Crippen LogP contribution in [-0.4, -0.2) is 28.0 Å². The van der Waals surface area contributed by atoms with Crippen LogP contribution in [0.25, 0.3) is 0 Å². The van der Waals surface area contributed by atoms with Crippen LogP contribution in [0.2, 0.25) is 5.02 Å². The summed E-state index contributed by atoms with van der Waals surface area (Å²) in [5, 5.41) is 0.573. The van der Waals surface area contributed by atoms with Gasteiger partial charge in [0, 0.05) is 27.4 Å². The molecule has 0 bridgehead atoms. The summed E-state index contributed by atoms with van der Waals surface area (Å²) < 4.78 is -0.284. The predicted octanol–water partition coefficient (Wildman–Crippen LogP) is 5.71. The number of anilines is 1. The minimum Gasteiger partial charge on any atom is -0.310 e. The molecule has 1 fully saturated rings. The van der Waals surface area contributed by atoms with E-state index >= 15 is 0 Å². The van der Waals surface area contributed by atoms with Crippen molar-refractivity contribution >= 4 is 40.9 Å². The minimum atomic E-state index is -1.09. The lowest BCUT2D eigenvalue weighted by Gasteiger charge is -2.33. The van der Waals surface area contributed by atoms with Crippen molar-refractivity contribution < 1.29 is 9.59 Å². The first-order valence-electron chi connectivity index (χ1n) is 10.5. The van der Waals surface area contributed by atoms with Crippen molar-refractivity contribution in [1.29, 1.82) is 0 Å². The van der Waals surface area contributed by atoms with Crippen LogP contribution in [0.4, 0.5) is 5.69 Å². The minimum absolute atomic E-state index is 0.0690. The second-order valence-corrected chi connectivity index (χ2v) is 11.1. The van der Waals surface area contributed by atoms with Gasteiger partial charge in [0.05, 0.1) is 12.2 Å². The van der Waals surface area contributed by atoms with Crippen molar-refractivity contribution in [3.8, 4) is 0 Å². The lowest BCUT2D eigenvalue weighted by molar-refractivity contribution is -0.123. The number of hydrogen-bond acceptors (Lipinski definition) is 3. The first-order chi connectivity index (χ1) is 15.3. The fraction of sp³-hybridized carbons (Fsp3) is 0.231. The van der Waals surface area contributed by atoms with Gasteiger partial charge in [-0.2, -0.15) is 0 Å². The number of hydrogen-bond donors (Lipinski definition) is 0. The molecule has 1 atom stereocenters. The molecule has 0 unspecified atom stereocenters. The molecular formula is C26H23ClN2O2S. The molecule has 2 aliphatic heterocycles. The Morgan fingerprint density at radius 2 is 1.62 bits per heavy atom. The van der Waals surface area contributed by atoms with Gasteiger partial charge in [-0.3, -0.25) is 9.59 Å². The molecule has 1 saturated heterocycles. The second-order valence-electron chi connectivity index (χ2n) is 8.80. The maximum atomic E-state index is 14.2. The third kappa shape index (κ3) is 3.31. The highest BCUT2D eigenvalue weighted by Crippen LogP contribution is 2.60. The number of carbonyl (C=O) groups excluding carboxylic acids is 2. The Hall–Kier alpha value is -2.76. The monoisotopic (exact) mass is 462 g/mol. The van der Waals surface area contributed by atoms with E-state index in [-0.39, 0.29) is 16.6 Å². The molecule has 3 aromatic rings. The van der Waals surface area contributed by atoms with Crippen LogP contribution in [0.5, 0.6) is 0 Å². The first kappa shape index (κ1) is 21.1. The average molecular weight is 463 g/mol. The van der Waals surface area contributed by atoms with Crippen molar-refractivity contribution in [3.05, 3.63) is 101 Å². The number of fused-ring (bicyclic) bond motifs is 2. The van der Waals surface area contributed by atoms with Crippen LogP contribution in [0.1, 0.15) is 35.3 Å². The van der Waals surface area contributed by atoms with Crippen molar-refractivity contribution in [2.45, 2.75) is 30.0 Å². The van der Waals surface area contributed by atoms with Crippen LogP contribution in [-0.2, 0) is 16.2 Å². The lowest BCUT2D eigenvalue weighted by atomic mass is 10.0. The van der Waals surface area contributed by atoms with Gasteiger partial charge in [-0.25, -0.2) is 0 Å². The number of halogens is 1. The molecule has 0 aliphatic carbocycles. The van der Waals surface area contributed by atoms with Gasteiger partial charge < -0.3 is 9.80 Å². The zero-order valence-corrected chi connectivity index (χ0v) is 19.5. The third-order valence-corrected chi connectivity index (χ3v) is 7.80. The molecule has 0 radical (unpaired) electrons. The summed E-state index contributed by atoms with van der Waals surface area (Å²) in [5.74, 6) is -0.232. The Kier molecular flexibility index (Phi) is 5.06. The zero-order chi connectivity index (χ0) is 22.5. The van der Waals surface area contributed by atoms with Crippen LogP contribution < -0.4 is 4.90 Å². The fourth-order valence-electron chi connectivity index (χ4n) is 4.63. The molecule has 0 aromatic heterocycles. The summed E-state index contributed by atoms with van der Waals surface area (Å²) in [7, 11) is 0. The summed E-state index contributed by atoms with van der Waals surface area (Å²) in [6.07, 6.45) is 0. The SMILES string of the molecule is CC1(C)CN(C(=O)c2ccc(Cl)cc2)[C@@]2(S1)C(=O)N(Cc1ccccc1)c1ccccc12. The van der Waals surface area contributed by atoms with E-state index in [2.05, 4.69) is 13.8 Å². The van der Waals surface area contributed by atoms with Gasteiger partial charge in [-0.15, -0.1) is 11.8 Å². The van der Waals surface area contributed by atoms with Crippen LogP contribution in [0, 0.1) is 0 Å². The molecule has 4 nitrogen and oxygen atoms in total. The van der Waals surface area contributed by atoms with E-state index in [0.29, 0.717) is 23.7 Å². The van der Waals surface area contributed by atoms with Gasteiger partial charge in [-0.1, -0.05) is 60.1 Å². The van der Waals surface area contributed by atoms with Crippen LogP contribution in [0.15, 0.2) is 78.9 Å². The molecular weight excluding hydrogens is 440 g/mol.